The molecule has 2 aromatic rings. The number of esters is 1. The van der Waals surface area contributed by atoms with E-state index in [1.54, 1.807) is 6.92 Å². The SMILES string of the molecule is C=CCOC(=O)[C@@H]1[C@H](c2ccc(C(C)(C)C)cc2)c2c([nH][nH]c2=O)C[C@@]1(C)O. The number of carbonyl (C=O) groups is 1. The van der Waals surface area contributed by atoms with Crippen molar-refractivity contribution in [3.05, 3.63) is 69.7 Å². The molecule has 1 heterocycles. The number of aromatic amines is 2. The van der Waals surface area contributed by atoms with Gasteiger partial charge in [0.2, 0.25) is 0 Å². The Bertz CT molecular complexity index is 929. The quantitative estimate of drug-likeness (QED) is 0.558. The van der Waals surface area contributed by atoms with Crippen LogP contribution in [0.15, 0.2) is 41.7 Å². The van der Waals surface area contributed by atoms with Gasteiger partial charge in [-0.25, -0.2) is 0 Å². The third kappa shape index (κ3) is 3.56. The Balaban J connectivity index is 2.14. The first-order chi connectivity index (χ1) is 13.1. The number of ether oxygens (including phenoxy) is 1. The lowest BCUT2D eigenvalue weighted by molar-refractivity contribution is -0.158. The molecule has 0 spiro atoms. The number of hydrogen-bond acceptors (Lipinski definition) is 4. The molecule has 0 amide bonds. The van der Waals surface area contributed by atoms with Crippen molar-refractivity contribution in [2.45, 2.75) is 51.0 Å². The summed E-state index contributed by atoms with van der Waals surface area (Å²) in [6.45, 7) is 11.6. The number of rotatable bonds is 4. The van der Waals surface area contributed by atoms with Crippen LogP contribution in [-0.2, 0) is 21.4 Å². The van der Waals surface area contributed by atoms with Gasteiger partial charge in [0.15, 0.2) is 0 Å². The number of aromatic nitrogens is 2. The van der Waals surface area contributed by atoms with Crippen molar-refractivity contribution in [3.8, 4) is 0 Å². The fourth-order valence-corrected chi connectivity index (χ4v) is 4.04. The molecule has 6 heteroatoms. The van der Waals surface area contributed by atoms with E-state index in [1.807, 2.05) is 24.3 Å². The zero-order valence-corrected chi connectivity index (χ0v) is 16.8. The minimum absolute atomic E-state index is 0.0183. The summed E-state index contributed by atoms with van der Waals surface area (Å²) >= 11 is 0. The van der Waals surface area contributed by atoms with Gasteiger partial charge in [-0.3, -0.25) is 14.7 Å². The highest BCUT2D eigenvalue weighted by Crippen LogP contribution is 2.44. The van der Waals surface area contributed by atoms with Crippen LogP contribution >= 0.6 is 0 Å². The van der Waals surface area contributed by atoms with E-state index in [2.05, 4.69) is 37.5 Å². The standard InChI is InChI=1S/C22H28N2O4/c1-6-11-28-20(26)18-16(13-7-9-14(10-8-13)21(2,3)4)17-15(12-22(18,5)27)23-24-19(17)25/h6-10,16,18,27H,1,11-12H2,2-5H3,(H2,23,24,25)/t16-,18+,22-/m1/s1. The summed E-state index contributed by atoms with van der Waals surface area (Å²) in [6.07, 6.45) is 1.64. The maximum absolute atomic E-state index is 12.9. The zero-order chi connectivity index (χ0) is 20.7. The van der Waals surface area contributed by atoms with Gasteiger partial charge in [0.1, 0.15) is 6.61 Å². The van der Waals surface area contributed by atoms with Gasteiger partial charge in [0.25, 0.3) is 5.56 Å². The minimum Gasteiger partial charge on any atom is -0.461 e. The van der Waals surface area contributed by atoms with E-state index in [-0.39, 0.29) is 24.0 Å². The number of fused-ring (bicyclic) bond motifs is 1. The first-order valence-corrected chi connectivity index (χ1v) is 9.46. The first-order valence-electron chi connectivity index (χ1n) is 9.46. The fraction of sp³-hybridized carbons (Fsp3) is 0.455. The van der Waals surface area contributed by atoms with Gasteiger partial charge in [-0.1, -0.05) is 57.7 Å². The van der Waals surface area contributed by atoms with Crippen LogP contribution in [0.2, 0.25) is 0 Å². The van der Waals surface area contributed by atoms with Crippen LogP contribution in [0.1, 0.15) is 56.0 Å². The third-order valence-electron chi connectivity index (χ3n) is 5.48. The van der Waals surface area contributed by atoms with Crippen molar-refractivity contribution in [2.75, 3.05) is 6.61 Å². The summed E-state index contributed by atoms with van der Waals surface area (Å²) in [7, 11) is 0. The fourth-order valence-electron chi connectivity index (χ4n) is 4.04. The third-order valence-corrected chi connectivity index (χ3v) is 5.48. The predicted molar refractivity (Wildman–Crippen MR) is 107 cm³/mol. The maximum Gasteiger partial charge on any atom is 0.313 e. The molecule has 6 nitrogen and oxygen atoms in total. The van der Waals surface area contributed by atoms with Crippen molar-refractivity contribution in [2.24, 2.45) is 5.92 Å². The van der Waals surface area contributed by atoms with Crippen molar-refractivity contribution in [1.82, 2.24) is 10.2 Å². The average molecular weight is 384 g/mol. The van der Waals surface area contributed by atoms with E-state index in [4.69, 9.17) is 4.74 Å². The van der Waals surface area contributed by atoms with Gasteiger partial charge in [-0.05, 0) is 23.5 Å². The van der Waals surface area contributed by atoms with Crippen molar-refractivity contribution in [1.29, 1.82) is 0 Å². The lowest BCUT2D eigenvalue weighted by Crippen LogP contribution is -2.50. The number of aliphatic hydroxyl groups is 1. The Morgan fingerprint density at radius 2 is 1.96 bits per heavy atom. The molecule has 0 unspecified atom stereocenters. The summed E-state index contributed by atoms with van der Waals surface area (Å²) < 4.78 is 5.29. The van der Waals surface area contributed by atoms with E-state index in [0.29, 0.717) is 11.3 Å². The highest BCUT2D eigenvalue weighted by Gasteiger charge is 2.51. The molecule has 0 saturated carbocycles. The number of benzene rings is 1. The van der Waals surface area contributed by atoms with E-state index in [0.717, 1.165) is 11.1 Å². The largest absolute Gasteiger partial charge is 0.461 e. The van der Waals surface area contributed by atoms with E-state index in [9.17, 15) is 14.7 Å². The topological polar surface area (TPSA) is 95.2 Å². The molecule has 1 aromatic heterocycles. The van der Waals surface area contributed by atoms with Crippen LogP contribution in [0.5, 0.6) is 0 Å². The molecule has 0 bridgehead atoms. The molecule has 3 atom stereocenters. The molecule has 150 valence electrons. The number of nitrogens with one attached hydrogen (secondary N) is 2. The Morgan fingerprint density at radius 3 is 2.54 bits per heavy atom. The van der Waals surface area contributed by atoms with Gasteiger partial charge >= 0.3 is 5.97 Å². The summed E-state index contributed by atoms with van der Waals surface area (Å²) in [5, 5.41) is 16.6. The Morgan fingerprint density at radius 1 is 1.32 bits per heavy atom. The Hall–Kier alpha value is -2.60. The highest BCUT2D eigenvalue weighted by molar-refractivity contribution is 5.77. The number of hydrogen-bond donors (Lipinski definition) is 3. The molecule has 28 heavy (non-hydrogen) atoms. The second-order valence-electron chi connectivity index (χ2n) is 8.75. The van der Waals surface area contributed by atoms with Gasteiger partial charge in [0, 0.05) is 23.6 Å². The summed E-state index contributed by atoms with van der Waals surface area (Å²) in [5.74, 6) is -2.06. The lowest BCUT2D eigenvalue weighted by Gasteiger charge is -2.40. The molecule has 3 N–H and O–H groups in total. The molecular formula is C22H28N2O4. The van der Waals surface area contributed by atoms with Crippen LogP contribution < -0.4 is 5.56 Å². The molecular weight excluding hydrogens is 356 g/mol. The molecule has 1 aromatic carbocycles. The minimum atomic E-state index is -1.37. The van der Waals surface area contributed by atoms with E-state index < -0.39 is 23.4 Å². The predicted octanol–water partition coefficient (Wildman–Crippen LogP) is 2.78. The monoisotopic (exact) mass is 384 g/mol. The van der Waals surface area contributed by atoms with Crippen molar-refractivity contribution >= 4 is 5.97 Å². The normalized spacial score (nSPS) is 24.5. The second-order valence-corrected chi connectivity index (χ2v) is 8.75. The Kier molecular flexibility index (Phi) is 5.10. The maximum atomic E-state index is 12.9. The smallest absolute Gasteiger partial charge is 0.313 e. The Labute approximate surface area is 164 Å². The summed E-state index contributed by atoms with van der Waals surface area (Å²) in [6, 6.07) is 7.86. The first kappa shape index (κ1) is 20.1. The molecule has 0 saturated heterocycles. The second kappa shape index (κ2) is 7.09. The number of H-pyrrole nitrogens is 2. The summed E-state index contributed by atoms with van der Waals surface area (Å²) in [5.41, 5.74) is 1.37. The highest BCUT2D eigenvalue weighted by atomic mass is 16.5. The van der Waals surface area contributed by atoms with Gasteiger partial charge in [-0.15, -0.1) is 0 Å². The lowest BCUT2D eigenvalue weighted by atomic mass is 9.66. The van der Waals surface area contributed by atoms with Crippen LogP contribution in [0.25, 0.3) is 0 Å². The molecule has 0 radical (unpaired) electrons. The van der Waals surface area contributed by atoms with Crippen molar-refractivity contribution in [3.63, 3.8) is 0 Å². The van der Waals surface area contributed by atoms with Gasteiger partial charge in [-0.2, -0.15) is 0 Å². The average Bonchev–Trinajstić information content (AvgIpc) is 2.97. The van der Waals surface area contributed by atoms with E-state index in [1.165, 1.54) is 6.08 Å². The van der Waals surface area contributed by atoms with Crippen LogP contribution in [0.4, 0.5) is 0 Å². The van der Waals surface area contributed by atoms with Crippen molar-refractivity contribution < 1.29 is 14.6 Å². The summed E-state index contributed by atoms with van der Waals surface area (Å²) in [4.78, 5) is 25.4. The van der Waals surface area contributed by atoms with Crippen LogP contribution in [-0.4, -0.2) is 33.5 Å². The molecule has 3 rings (SSSR count). The molecule has 0 aliphatic heterocycles. The van der Waals surface area contributed by atoms with Gasteiger partial charge in [0.05, 0.1) is 11.5 Å². The zero-order valence-electron chi connectivity index (χ0n) is 16.8. The van der Waals surface area contributed by atoms with E-state index >= 15 is 0 Å². The van der Waals surface area contributed by atoms with Gasteiger partial charge < -0.3 is 14.9 Å². The van der Waals surface area contributed by atoms with Crippen LogP contribution in [0.3, 0.4) is 0 Å². The van der Waals surface area contributed by atoms with Crippen LogP contribution in [0, 0.1) is 5.92 Å². The molecule has 1 aliphatic rings. The molecule has 1 aliphatic carbocycles. The number of carbonyl (C=O) groups excluding carboxylic acids is 1. The molecule has 0 fully saturated rings.